The van der Waals surface area contributed by atoms with Crippen LogP contribution in [0.5, 0.6) is 5.75 Å². The molecule has 2 aliphatic rings. The van der Waals surface area contributed by atoms with E-state index >= 15 is 0 Å². The first kappa shape index (κ1) is 26.0. The molecule has 0 spiro atoms. The summed E-state index contributed by atoms with van der Waals surface area (Å²) in [4.78, 5) is 34.8. The van der Waals surface area contributed by atoms with Crippen LogP contribution < -0.4 is 24.5 Å². The third-order valence-electron chi connectivity index (χ3n) is 6.98. The molecular formula is C30H33N3O4S. The van der Waals surface area contributed by atoms with Gasteiger partial charge in [-0.25, -0.2) is 9.79 Å². The average Bonchev–Trinajstić information content (AvgIpc) is 3.51. The van der Waals surface area contributed by atoms with Crippen molar-refractivity contribution in [3.8, 4) is 5.75 Å². The molecule has 8 heteroatoms. The first-order valence-corrected chi connectivity index (χ1v) is 13.8. The van der Waals surface area contributed by atoms with E-state index in [-0.39, 0.29) is 11.7 Å². The summed E-state index contributed by atoms with van der Waals surface area (Å²) in [6.07, 6.45) is 4.07. The number of hydrogen-bond acceptors (Lipinski definition) is 7. The molecule has 0 radical (unpaired) electrons. The van der Waals surface area contributed by atoms with E-state index in [1.54, 1.807) is 18.6 Å². The van der Waals surface area contributed by atoms with Gasteiger partial charge in [-0.1, -0.05) is 29.5 Å². The van der Waals surface area contributed by atoms with Gasteiger partial charge in [-0.3, -0.25) is 9.36 Å². The number of nitrogens with zero attached hydrogens (tertiary/aromatic N) is 3. The second-order valence-corrected chi connectivity index (χ2v) is 11.1. The van der Waals surface area contributed by atoms with Crippen molar-refractivity contribution in [2.45, 2.75) is 52.7 Å². The van der Waals surface area contributed by atoms with E-state index in [2.05, 4.69) is 35.0 Å². The van der Waals surface area contributed by atoms with Crippen molar-refractivity contribution in [3.05, 3.63) is 90.1 Å². The first-order chi connectivity index (χ1) is 18.3. The highest BCUT2D eigenvalue weighted by molar-refractivity contribution is 7.07. The highest BCUT2D eigenvalue weighted by atomic mass is 32.1. The van der Waals surface area contributed by atoms with E-state index in [1.165, 1.54) is 35.4 Å². The van der Waals surface area contributed by atoms with E-state index in [0.29, 0.717) is 26.4 Å². The van der Waals surface area contributed by atoms with Gasteiger partial charge in [-0.2, -0.15) is 0 Å². The molecule has 1 aromatic heterocycles. The number of fused-ring (bicyclic) bond motifs is 1. The van der Waals surface area contributed by atoms with Gasteiger partial charge < -0.3 is 14.4 Å². The summed E-state index contributed by atoms with van der Waals surface area (Å²) >= 11 is 1.34. The van der Waals surface area contributed by atoms with Crippen molar-refractivity contribution in [2.75, 3.05) is 25.1 Å². The zero-order valence-electron chi connectivity index (χ0n) is 22.5. The lowest BCUT2D eigenvalue weighted by molar-refractivity contribution is -0.143. The summed E-state index contributed by atoms with van der Waals surface area (Å²) in [7, 11) is 1.60. The number of aryl methyl sites for hydroxylation is 1. The molecule has 3 heterocycles. The van der Waals surface area contributed by atoms with Gasteiger partial charge >= 0.3 is 5.97 Å². The van der Waals surface area contributed by atoms with Crippen LogP contribution in [0.15, 0.2) is 63.5 Å². The summed E-state index contributed by atoms with van der Waals surface area (Å²) in [5.41, 5.74) is 4.94. The Morgan fingerprint density at radius 1 is 1.11 bits per heavy atom. The topological polar surface area (TPSA) is 73.1 Å². The van der Waals surface area contributed by atoms with Crippen molar-refractivity contribution in [3.63, 3.8) is 0 Å². The Morgan fingerprint density at radius 3 is 2.45 bits per heavy atom. The standard InChI is InChI=1S/C30H33N3O4S/c1-18(2)37-29(35)26-20(4)31-30-33(27(26)22-9-11-23(36-5)12-10-22)28(34)25(38-30)17-21-8-13-24(19(3)16-21)32-14-6-7-15-32/h8-13,16-18,27H,6-7,14-15H2,1-5H3/b25-17+/t27-/m0/s1. The Morgan fingerprint density at radius 2 is 1.82 bits per heavy atom. The highest BCUT2D eigenvalue weighted by Crippen LogP contribution is 2.32. The van der Waals surface area contributed by atoms with Crippen LogP contribution in [-0.4, -0.2) is 36.8 Å². The molecule has 198 valence electrons. The maximum absolute atomic E-state index is 13.9. The monoisotopic (exact) mass is 531 g/mol. The zero-order valence-corrected chi connectivity index (χ0v) is 23.3. The van der Waals surface area contributed by atoms with E-state index in [4.69, 9.17) is 9.47 Å². The Hall–Kier alpha value is -3.65. The van der Waals surface area contributed by atoms with Crippen LogP contribution in [-0.2, 0) is 9.53 Å². The number of methoxy groups -OCH3 is 1. The van der Waals surface area contributed by atoms with Crippen molar-refractivity contribution < 1.29 is 14.3 Å². The van der Waals surface area contributed by atoms with Crippen molar-refractivity contribution in [1.82, 2.24) is 4.57 Å². The molecule has 0 unspecified atom stereocenters. The van der Waals surface area contributed by atoms with E-state index in [9.17, 15) is 9.59 Å². The molecule has 0 amide bonds. The maximum atomic E-state index is 13.9. The van der Waals surface area contributed by atoms with Crippen LogP contribution >= 0.6 is 11.3 Å². The molecule has 3 aromatic rings. The molecule has 1 saturated heterocycles. The molecule has 1 atom stereocenters. The van der Waals surface area contributed by atoms with Gasteiger partial charge in [0.05, 0.1) is 35.1 Å². The number of thiazole rings is 1. The molecular weight excluding hydrogens is 498 g/mol. The number of benzene rings is 2. The van der Waals surface area contributed by atoms with Gasteiger partial charge in [0.2, 0.25) is 0 Å². The van der Waals surface area contributed by atoms with Crippen LogP contribution in [0, 0.1) is 6.92 Å². The lowest BCUT2D eigenvalue weighted by Crippen LogP contribution is -2.40. The third-order valence-corrected chi connectivity index (χ3v) is 7.96. The van der Waals surface area contributed by atoms with Gasteiger partial charge in [0.25, 0.3) is 5.56 Å². The fourth-order valence-electron chi connectivity index (χ4n) is 5.19. The molecule has 5 rings (SSSR count). The Bertz CT molecular complexity index is 1570. The molecule has 38 heavy (non-hydrogen) atoms. The van der Waals surface area contributed by atoms with Crippen LogP contribution in [0.4, 0.5) is 5.69 Å². The predicted molar refractivity (Wildman–Crippen MR) is 151 cm³/mol. The Labute approximate surface area is 226 Å². The number of rotatable bonds is 6. The second kappa shape index (κ2) is 10.6. The van der Waals surface area contributed by atoms with Crippen LogP contribution in [0.3, 0.4) is 0 Å². The number of carbonyl (C=O) groups is 1. The van der Waals surface area contributed by atoms with E-state index < -0.39 is 12.0 Å². The van der Waals surface area contributed by atoms with Crippen LogP contribution in [0.2, 0.25) is 0 Å². The minimum Gasteiger partial charge on any atom is -0.497 e. The molecule has 0 aliphatic carbocycles. The van der Waals surface area contributed by atoms with E-state index in [0.717, 1.165) is 24.2 Å². The fraction of sp³-hybridized carbons (Fsp3) is 0.367. The smallest absolute Gasteiger partial charge is 0.338 e. The number of anilines is 1. The lowest BCUT2D eigenvalue weighted by Gasteiger charge is -2.25. The third kappa shape index (κ3) is 4.92. The second-order valence-electron chi connectivity index (χ2n) is 10.0. The number of hydrogen-bond donors (Lipinski definition) is 0. The van der Waals surface area contributed by atoms with Crippen molar-refractivity contribution in [1.29, 1.82) is 0 Å². The summed E-state index contributed by atoms with van der Waals surface area (Å²) < 4.78 is 13.1. The molecule has 1 fully saturated rings. The maximum Gasteiger partial charge on any atom is 0.338 e. The summed E-state index contributed by atoms with van der Waals surface area (Å²) in [6.45, 7) is 9.71. The quantitative estimate of drug-likeness (QED) is 0.448. The van der Waals surface area contributed by atoms with Gasteiger partial charge in [0, 0.05) is 18.8 Å². The largest absolute Gasteiger partial charge is 0.497 e. The van der Waals surface area contributed by atoms with E-state index in [1.807, 2.05) is 44.2 Å². The SMILES string of the molecule is COc1ccc([C@H]2C(C(=O)OC(C)C)=C(C)N=c3s/c(=C/c4ccc(N5CCCC5)c(C)c4)c(=O)n32)cc1. The minimum atomic E-state index is -0.648. The van der Waals surface area contributed by atoms with Gasteiger partial charge in [-0.05, 0) is 87.6 Å². The molecule has 7 nitrogen and oxygen atoms in total. The zero-order chi connectivity index (χ0) is 27.0. The Balaban J connectivity index is 1.62. The first-order valence-electron chi connectivity index (χ1n) is 13.0. The molecule has 0 bridgehead atoms. The number of allylic oxidation sites excluding steroid dienone is 1. The van der Waals surface area contributed by atoms with Crippen LogP contribution in [0.25, 0.3) is 6.08 Å². The average molecular weight is 532 g/mol. The molecule has 2 aromatic carbocycles. The summed E-state index contributed by atoms with van der Waals surface area (Å²) in [5, 5.41) is 0. The number of esters is 1. The van der Waals surface area contributed by atoms with Crippen molar-refractivity contribution >= 4 is 29.1 Å². The summed E-state index contributed by atoms with van der Waals surface area (Å²) in [6, 6.07) is 13.1. The van der Waals surface area contributed by atoms with Gasteiger partial charge in [0.15, 0.2) is 4.80 Å². The molecule has 0 N–H and O–H groups in total. The summed E-state index contributed by atoms with van der Waals surface area (Å²) in [5.74, 6) is 0.227. The highest BCUT2D eigenvalue weighted by Gasteiger charge is 2.33. The van der Waals surface area contributed by atoms with Crippen LogP contribution in [0.1, 0.15) is 56.3 Å². The number of aromatic nitrogens is 1. The normalized spacial score (nSPS) is 17.6. The minimum absolute atomic E-state index is 0.182. The van der Waals surface area contributed by atoms with Gasteiger partial charge in [0.1, 0.15) is 5.75 Å². The fourth-order valence-corrected chi connectivity index (χ4v) is 6.24. The van der Waals surface area contributed by atoms with Gasteiger partial charge in [-0.15, -0.1) is 0 Å². The lowest BCUT2D eigenvalue weighted by atomic mass is 9.96. The van der Waals surface area contributed by atoms with Crippen molar-refractivity contribution in [2.24, 2.45) is 4.99 Å². The number of carbonyl (C=O) groups excluding carboxylic acids is 1. The Kier molecular flexibility index (Phi) is 7.25. The number of ether oxygens (including phenoxy) is 2. The molecule has 0 saturated carbocycles. The molecule has 2 aliphatic heterocycles. The predicted octanol–water partition coefficient (Wildman–Crippen LogP) is 4.10.